The molecular weight excluding hydrogens is 454 g/mol. The number of carbonyl (C=O) groups is 3. The minimum Gasteiger partial charge on any atom is -0.844 e. The molecule has 6 heteroatoms. The number of carbonyl (C=O) groups excluding carboxylic acids is 3. The zero-order valence-corrected chi connectivity index (χ0v) is 22.3. The molecule has 0 aromatic carbocycles. The largest absolute Gasteiger partial charge is 0.844 e. The standard InChI is InChI=1S/C30H46NO5/c1-17-11-12-18(2)24(15-17)31-29(34)27(33)25(28-22-9-5-6-10-23(22)30(35)36-28)26(32)21-14-13-19-7-3-4-8-20(19)16-21/h17-25,27-28H,3-16H2,1-2H3,(H,31,34)/q-1/t17?,18?,19?,20?,21?,22?,23?,24?,25?,27?,28-/m0/s1. The van der Waals surface area contributed by atoms with Crippen molar-refractivity contribution in [2.45, 2.75) is 122 Å². The Bertz CT molecular complexity index is 828. The first-order valence-electron chi connectivity index (χ1n) is 15.0. The summed E-state index contributed by atoms with van der Waals surface area (Å²) in [6, 6.07) is -0.0281. The molecule has 0 aromatic rings. The number of Topliss-reactive ketones (excluding diaryl/α,β-unsaturated/α-hetero) is 1. The molecule has 5 fully saturated rings. The van der Waals surface area contributed by atoms with Gasteiger partial charge in [0.25, 0.3) is 0 Å². The van der Waals surface area contributed by atoms with Crippen molar-refractivity contribution < 1.29 is 24.2 Å². The Morgan fingerprint density at radius 1 is 0.889 bits per heavy atom. The molecule has 0 aromatic heterocycles. The number of rotatable bonds is 6. The van der Waals surface area contributed by atoms with Crippen LogP contribution in [0.5, 0.6) is 0 Å². The van der Waals surface area contributed by atoms with Crippen LogP contribution >= 0.6 is 0 Å². The number of ether oxygens (including phenoxy) is 1. The van der Waals surface area contributed by atoms with Crippen molar-refractivity contribution in [3.8, 4) is 0 Å². The van der Waals surface area contributed by atoms with E-state index in [1.54, 1.807) is 0 Å². The Kier molecular flexibility index (Phi) is 8.09. The first-order valence-corrected chi connectivity index (χ1v) is 15.0. The Morgan fingerprint density at radius 3 is 2.42 bits per heavy atom. The van der Waals surface area contributed by atoms with Gasteiger partial charge in [-0.25, -0.2) is 0 Å². The second kappa shape index (κ2) is 11.1. The molecule has 6 nitrogen and oxygen atoms in total. The van der Waals surface area contributed by atoms with Crippen LogP contribution in [0.25, 0.3) is 0 Å². The molecule has 1 aliphatic heterocycles. The quantitative estimate of drug-likeness (QED) is 0.552. The van der Waals surface area contributed by atoms with Gasteiger partial charge in [0.05, 0.1) is 11.8 Å². The molecule has 11 atom stereocenters. The van der Waals surface area contributed by atoms with Crippen LogP contribution < -0.4 is 10.4 Å². The van der Waals surface area contributed by atoms with Crippen molar-refractivity contribution in [3.05, 3.63) is 0 Å². The summed E-state index contributed by atoms with van der Waals surface area (Å²) < 4.78 is 5.85. The molecule has 0 radical (unpaired) electrons. The average molecular weight is 501 g/mol. The van der Waals surface area contributed by atoms with Crippen LogP contribution in [0.2, 0.25) is 0 Å². The molecule has 1 saturated heterocycles. The maximum Gasteiger partial charge on any atom is 0.309 e. The summed E-state index contributed by atoms with van der Waals surface area (Å²) in [7, 11) is 0. The van der Waals surface area contributed by atoms with Gasteiger partial charge in [-0.3, -0.25) is 14.4 Å². The zero-order chi connectivity index (χ0) is 25.4. The topological polar surface area (TPSA) is 95.5 Å². The number of hydrogen-bond donors (Lipinski definition) is 1. The molecule has 1 N–H and O–H groups in total. The van der Waals surface area contributed by atoms with E-state index in [1.807, 2.05) is 0 Å². The van der Waals surface area contributed by atoms with Gasteiger partial charge in [0.15, 0.2) is 0 Å². The average Bonchev–Trinajstić information content (AvgIpc) is 3.22. The van der Waals surface area contributed by atoms with Crippen LogP contribution in [0.1, 0.15) is 104 Å². The number of amides is 1. The van der Waals surface area contributed by atoms with Gasteiger partial charge in [-0.2, -0.15) is 0 Å². The molecule has 4 aliphatic carbocycles. The van der Waals surface area contributed by atoms with Gasteiger partial charge < -0.3 is 15.2 Å². The lowest BCUT2D eigenvalue weighted by molar-refractivity contribution is -0.417. The van der Waals surface area contributed by atoms with Gasteiger partial charge in [-0.1, -0.05) is 58.8 Å². The summed E-state index contributed by atoms with van der Waals surface area (Å²) in [5.74, 6) is -0.416. The van der Waals surface area contributed by atoms with Gasteiger partial charge in [-0.05, 0) is 74.7 Å². The van der Waals surface area contributed by atoms with E-state index in [1.165, 1.54) is 25.7 Å². The first-order chi connectivity index (χ1) is 17.3. The normalized spacial score (nSPS) is 42.4. The van der Waals surface area contributed by atoms with Gasteiger partial charge in [0, 0.05) is 17.9 Å². The Hall–Kier alpha value is -1.43. The highest BCUT2D eigenvalue weighted by molar-refractivity contribution is 5.92. The van der Waals surface area contributed by atoms with Crippen LogP contribution in [0.3, 0.4) is 0 Å². The fraction of sp³-hybridized carbons (Fsp3) is 0.900. The summed E-state index contributed by atoms with van der Waals surface area (Å²) in [5.41, 5.74) is 0. The second-order valence-electron chi connectivity index (χ2n) is 13.1. The minimum absolute atomic E-state index is 0.0281. The fourth-order valence-corrected chi connectivity index (χ4v) is 8.54. The number of ketones is 1. The number of fused-ring (bicyclic) bond motifs is 2. The molecule has 10 unspecified atom stereocenters. The van der Waals surface area contributed by atoms with Crippen LogP contribution in [-0.2, 0) is 19.1 Å². The molecule has 1 heterocycles. The highest BCUT2D eigenvalue weighted by atomic mass is 16.6. The maximum atomic E-state index is 14.1. The first kappa shape index (κ1) is 26.2. The fourth-order valence-electron chi connectivity index (χ4n) is 8.54. The number of esters is 1. The molecule has 5 rings (SSSR count). The van der Waals surface area contributed by atoms with E-state index in [0.29, 0.717) is 23.7 Å². The number of hydrogen-bond acceptors (Lipinski definition) is 5. The van der Waals surface area contributed by atoms with Crippen LogP contribution in [-0.4, -0.2) is 35.9 Å². The third kappa shape index (κ3) is 5.26. The lowest BCUT2D eigenvalue weighted by Gasteiger charge is -2.43. The smallest absolute Gasteiger partial charge is 0.309 e. The Morgan fingerprint density at radius 2 is 1.61 bits per heavy atom. The van der Waals surface area contributed by atoms with E-state index < -0.39 is 24.0 Å². The van der Waals surface area contributed by atoms with Crippen molar-refractivity contribution in [1.29, 1.82) is 0 Å². The summed E-state index contributed by atoms with van der Waals surface area (Å²) in [6.45, 7) is 4.32. The van der Waals surface area contributed by atoms with E-state index in [9.17, 15) is 19.5 Å². The van der Waals surface area contributed by atoms with Crippen LogP contribution in [0, 0.1) is 47.3 Å². The number of nitrogens with one attached hydrogen (secondary N) is 1. The molecule has 4 saturated carbocycles. The molecule has 36 heavy (non-hydrogen) atoms. The van der Waals surface area contributed by atoms with E-state index >= 15 is 0 Å². The summed E-state index contributed by atoms with van der Waals surface area (Å²) >= 11 is 0. The third-order valence-corrected chi connectivity index (χ3v) is 10.8. The summed E-state index contributed by atoms with van der Waals surface area (Å²) in [5, 5.41) is 16.9. The van der Waals surface area contributed by atoms with E-state index in [4.69, 9.17) is 4.74 Å². The van der Waals surface area contributed by atoms with Gasteiger partial charge in [0.1, 0.15) is 11.9 Å². The minimum atomic E-state index is -1.72. The maximum absolute atomic E-state index is 14.1. The molecule has 0 spiro atoms. The lowest BCUT2D eigenvalue weighted by Crippen LogP contribution is -2.59. The highest BCUT2D eigenvalue weighted by Crippen LogP contribution is 2.47. The Labute approximate surface area is 216 Å². The Balaban J connectivity index is 1.36. The van der Waals surface area contributed by atoms with E-state index in [-0.39, 0.29) is 35.5 Å². The van der Waals surface area contributed by atoms with Crippen molar-refractivity contribution in [2.24, 2.45) is 47.3 Å². The molecule has 1 amide bonds. The van der Waals surface area contributed by atoms with Gasteiger partial charge in [0.2, 0.25) is 5.91 Å². The van der Waals surface area contributed by atoms with Crippen LogP contribution in [0.15, 0.2) is 0 Å². The predicted molar refractivity (Wildman–Crippen MR) is 135 cm³/mol. The van der Waals surface area contributed by atoms with Crippen molar-refractivity contribution in [1.82, 2.24) is 5.32 Å². The third-order valence-electron chi connectivity index (χ3n) is 10.8. The monoisotopic (exact) mass is 500 g/mol. The summed E-state index contributed by atoms with van der Waals surface area (Å²) in [6.07, 6.45) is 11.7. The molecule has 202 valence electrons. The predicted octanol–water partition coefficient (Wildman–Crippen LogP) is 4.18. The lowest BCUT2D eigenvalue weighted by atomic mass is 9.64. The van der Waals surface area contributed by atoms with Crippen LogP contribution in [0.4, 0.5) is 0 Å². The second-order valence-corrected chi connectivity index (χ2v) is 13.1. The van der Waals surface area contributed by atoms with E-state index in [0.717, 1.165) is 64.2 Å². The van der Waals surface area contributed by atoms with Gasteiger partial charge in [-0.15, -0.1) is 0 Å². The van der Waals surface area contributed by atoms with Crippen molar-refractivity contribution in [2.75, 3.05) is 0 Å². The van der Waals surface area contributed by atoms with E-state index in [2.05, 4.69) is 19.2 Å². The summed E-state index contributed by atoms with van der Waals surface area (Å²) in [4.78, 5) is 40.3. The molecule has 5 aliphatic rings. The SMILES string of the molecule is CC1CCC(C)C(NC(=O)C([O-])C(C(=O)C2CCC3CCCCC3C2)[C@H]2OC(=O)C3CCCCC32)C1. The molecule has 0 bridgehead atoms. The highest BCUT2D eigenvalue weighted by Gasteiger charge is 2.52. The van der Waals surface area contributed by atoms with Gasteiger partial charge >= 0.3 is 5.97 Å². The van der Waals surface area contributed by atoms with Crippen molar-refractivity contribution in [3.63, 3.8) is 0 Å². The van der Waals surface area contributed by atoms with Crippen molar-refractivity contribution >= 4 is 17.7 Å². The molecular formula is C30H46NO5-. The number of cyclic esters (lactones) is 1. The zero-order valence-electron chi connectivity index (χ0n) is 22.3.